The molecule has 1 fully saturated rings. The topological polar surface area (TPSA) is 119 Å². The van der Waals surface area contributed by atoms with Crippen LogP contribution in [0.25, 0.3) is 5.95 Å². The molecule has 186 valence electrons. The molecule has 1 N–H and O–H groups in total. The quantitative estimate of drug-likeness (QED) is 0.532. The Bertz CT molecular complexity index is 1260. The molecule has 0 bridgehead atoms. The summed E-state index contributed by atoms with van der Waals surface area (Å²) in [5.74, 6) is 0.681. The van der Waals surface area contributed by atoms with Crippen LogP contribution in [-0.4, -0.2) is 64.7 Å². The molecule has 10 nitrogen and oxygen atoms in total. The molecule has 0 spiro atoms. The number of benzene rings is 1. The molecule has 0 unspecified atom stereocenters. The zero-order valence-corrected chi connectivity index (χ0v) is 21.0. The van der Waals surface area contributed by atoms with Gasteiger partial charge in [0.25, 0.3) is 5.95 Å². The summed E-state index contributed by atoms with van der Waals surface area (Å²) in [7, 11) is -3.54. The normalized spacial score (nSPS) is 15.2. The minimum absolute atomic E-state index is 0.187. The summed E-state index contributed by atoms with van der Waals surface area (Å²) in [5, 5.41) is 7.52. The third kappa shape index (κ3) is 5.92. The molecule has 0 radical (unpaired) electrons. The van der Waals surface area contributed by atoms with Crippen molar-refractivity contribution in [1.29, 1.82) is 0 Å². The number of anilines is 1. The van der Waals surface area contributed by atoms with E-state index in [4.69, 9.17) is 4.74 Å². The van der Waals surface area contributed by atoms with E-state index in [-0.39, 0.29) is 22.6 Å². The number of sulfonamides is 1. The highest BCUT2D eigenvalue weighted by Crippen LogP contribution is 2.25. The van der Waals surface area contributed by atoms with Crippen LogP contribution >= 0.6 is 0 Å². The zero-order valence-electron chi connectivity index (χ0n) is 20.1. The second-order valence-electron chi connectivity index (χ2n) is 9.33. The molecular weight excluding hydrogens is 468 g/mol. The molecule has 2 aromatic heterocycles. The lowest BCUT2D eigenvalue weighted by atomic mass is 9.92. The summed E-state index contributed by atoms with van der Waals surface area (Å²) in [6, 6.07) is 10.2. The number of ether oxygens (including phenoxy) is 1. The lowest BCUT2D eigenvalue weighted by molar-refractivity contribution is -0.116. The number of morpholine rings is 1. The molecule has 4 rings (SSSR count). The molecule has 3 heterocycles. The molecule has 35 heavy (non-hydrogen) atoms. The van der Waals surface area contributed by atoms with Crippen LogP contribution in [0.15, 0.2) is 53.7 Å². The van der Waals surface area contributed by atoms with Gasteiger partial charge in [0.05, 0.1) is 23.8 Å². The third-order valence-corrected chi connectivity index (χ3v) is 7.57. The average molecular weight is 499 g/mol. The van der Waals surface area contributed by atoms with Crippen molar-refractivity contribution in [2.24, 2.45) is 0 Å². The predicted molar refractivity (Wildman–Crippen MR) is 131 cm³/mol. The summed E-state index contributed by atoms with van der Waals surface area (Å²) in [6.45, 7) is 7.63. The van der Waals surface area contributed by atoms with Crippen molar-refractivity contribution in [2.45, 2.75) is 43.9 Å². The Hall–Kier alpha value is -3.15. The highest BCUT2D eigenvalue weighted by Gasteiger charge is 2.26. The number of hydrogen-bond acceptors (Lipinski definition) is 7. The molecule has 1 amide bonds. The van der Waals surface area contributed by atoms with Crippen LogP contribution in [-0.2, 0) is 31.4 Å². The molecule has 11 heteroatoms. The van der Waals surface area contributed by atoms with Crippen LogP contribution in [0.4, 0.5) is 5.82 Å². The van der Waals surface area contributed by atoms with Crippen molar-refractivity contribution in [2.75, 3.05) is 31.6 Å². The van der Waals surface area contributed by atoms with E-state index >= 15 is 0 Å². The molecule has 3 aromatic rings. The number of aryl methyl sites for hydroxylation is 1. The number of carbonyl (C=O) groups is 1. The highest BCUT2D eigenvalue weighted by molar-refractivity contribution is 7.89. The maximum atomic E-state index is 12.8. The maximum absolute atomic E-state index is 12.8. The van der Waals surface area contributed by atoms with Gasteiger partial charge < -0.3 is 10.1 Å². The van der Waals surface area contributed by atoms with Crippen LogP contribution in [0, 0.1) is 0 Å². The van der Waals surface area contributed by atoms with E-state index in [0.717, 1.165) is 11.3 Å². The largest absolute Gasteiger partial charge is 0.379 e. The Balaban J connectivity index is 1.42. The SMILES string of the molecule is CC(C)(C)c1cc(NC(=O)CCc2ccc(S(=O)(=O)N3CCOCC3)cc2)n(-c2ncccn2)n1. The van der Waals surface area contributed by atoms with Crippen molar-refractivity contribution < 1.29 is 17.9 Å². The smallest absolute Gasteiger partial charge is 0.252 e. The first-order valence-corrected chi connectivity index (χ1v) is 12.9. The highest BCUT2D eigenvalue weighted by atomic mass is 32.2. The van der Waals surface area contributed by atoms with Gasteiger partial charge in [-0.1, -0.05) is 32.9 Å². The number of aromatic nitrogens is 4. The summed E-state index contributed by atoms with van der Waals surface area (Å²) in [4.78, 5) is 21.5. The Kier molecular flexibility index (Phi) is 7.29. The van der Waals surface area contributed by atoms with Gasteiger partial charge >= 0.3 is 0 Å². The van der Waals surface area contributed by atoms with Crippen molar-refractivity contribution in [3.63, 3.8) is 0 Å². The van der Waals surface area contributed by atoms with E-state index in [2.05, 4.69) is 20.4 Å². The fraction of sp³-hybridized carbons (Fsp3) is 0.417. The second-order valence-corrected chi connectivity index (χ2v) is 11.3. The molecule has 1 aliphatic heterocycles. The van der Waals surface area contributed by atoms with E-state index in [1.54, 1.807) is 42.7 Å². The van der Waals surface area contributed by atoms with E-state index in [1.807, 2.05) is 26.8 Å². The Morgan fingerprint density at radius 2 is 1.74 bits per heavy atom. The first-order chi connectivity index (χ1) is 16.6. The Morgan fingerprint density at radius 1 is 1.09 bits per heavy atom. The first kappa shape index (κ1) is 25.0. The molecule has 0 atom stereocenters. The molecule has 1 saturated heterocycles. The van der Waals surface area contributed by atoms with Crippen LogP contribution in [0.1, 0.15) is 38.4 Å². The van der Waals surface area contributed by atoms with E-state index in [1.165, 1.54) is 8.99 Å². The lowest BCUT2D eigenvalue weighted by Gasteiger charge is -2.26. The van der Waals surface area contributed by atoms with Crippen molar-refractivity contribution in [3.05, 3.63) is 60.0 Å². The third-order valence-electron chi connectivity index (χ3n) is 5.66. The van der Waals surface area contributed by atoms with Gasteiger partial charge in [0.1, 0.15) is 5.82 Å². The predicted octanol–water partition coefficient (Wildman–Crippen LogP) is 2.55. The number of nitrogens with one attached hydrogen (secondary N) is 1. The van der Waals surface area contributed by atoms with Crippen LogP contribution in [0.5, 0.6) is 0 Å². The van der Waals surface area contributed by atoms with Gasteiger partial charge in [-0.05, 0) is 30.2 Å². The molecule has 0 aliphatic carbocycles. The molecular formula is C24H30N6O4S. The monoisotopic (exact) mass is 498 g/mol. The minimum atomic E-state index is -3.54. The number of nitrogens with zero attached hydrogens (tertiary/aromatic N) is 5. The summed E-state index contributed by atoms with van der Waals surface area (Å²) >= 11 is 0. The number of hydrogen-bond donors (Lipinski definition) is 1. The van der Waals surface area contributed by atoms with Gasteiger partial charge in [0, 0.05) is 43.4 Å². The standard InChI is InChI=1S/C24H30N6O4S/c1-24(2,3)20-17-21(30(28-20)23-25-11-4-12-26-23)27-22(31)10-7-18-5-8-19(9-6-18)35(32,33)29-13-15-34-16-14-29/h4-6,8-9,11-12,17H,7,10,13-16H2,1-3H3,(H,27,31). The first-order valence-electron chi connectivity index (χ1n) is 11.5. The van der Waals surface area contributed by atoms with Gasteiger partial charge in [-0.15, -0.1) is 0 Å². The van der Waals surface area contributed by atoms with Gasteiger partial charge in [0.2, 0.25) is 15.9 Å². The van der Waals surface area contributed by atoms with Crippen LogP contribution < -0.4 is 5.32 Å². The lowest BCUT2D eigenvalue weighted by Crippen LogP contribution is -2.40. The number of amides is 1. The van der Waals surface area contributed by atoms with Gasteiger partial charge in [-0.25, -0.2) is 18.4 Å². The van der Waals surface area contributed by atoms with Gasteiger partial charge in [-0.3, -0.25) is 4.79 Å². The number of rotatable bonds is 7. The van der Waals surface area contributed by atoms with Gasteiger partial charge in [-0.2, -0.15) is 14.1 Å². The average Bonchev–Trinajstić information content (AvgIpc) is 3.28. The Labute approximate surface area is 205 Å². The molecule has 1 aliphatic rings. The fourth-order valence-electron chi connectivity index (χ4n) is 3.62. The van der Waals surface area contributed by atoms with Gasteiger partial charge in [0.15, 0.2) is 0 Å². The van der Waals surface area contributed by atoms with Crippen molar-refractivity contribution >= 4 is 21.7 Å². The summed E-state index contributed by atoms with van der Waals surface area (Å²) in [6.07, 6.45) is 3.93. The zero-order chi connectivity index (χ0) is 25.1. The minimum Gasteiger partial charge on any atom is -0.379 e. The molecule has 0 saturated carbocycles. The summed E-state index contributed by atoms with van der Waals surface area (Å²) in [5.41, 5.74) is 1.46. The fourth-order valence-corrected chi connectivity index (χ4v) is 5.02. The Morgan fingerprint density at radius 3 is 2.37 bits per heavy atom. The second kappa shape index (κ2) is 10.2. The van der Waals surface area contributed by atoms with Crippen LogP contribution in [0.3, 0.4) is 0 Å². The number of carbonyl (C=O) groups excluding carboxylic acids is 1. The van der Waals surface area contributed by atoms with Crippen molar-refractivity contribution in [3.8, 4) is 5.95 Å². The summed E-state index contributed by atoms with van der Waals surface area (Å²) < 4.78 is 33.8. The van der Waals surface area contributed by atoms with Crippen LogP contribution in [0.2, 0.25) is 0 Å². The van der Waals surface area contributed by atoms with E-state index in [0.29, 0.717) is 44.5 Å². The van der Waals surface area contributed by atoms with Crippen molar-refractivity contribution in [1.82, 2.24) is 24.1 Å². The maximum Gasteiger partial charge on any atom is 0.252 e. The van der Waals surface area contributed by atoms with E-state index < -0.39 is 10.0 Å². The van der Waals surface area contributed by atoms with E-state index in [9.17, 15) is 13.2 Å². The molecule has 1 aromatic carbocycles.